The Balaban J connectivity index is 2.81. The lowest BCUT2D eigenvalue weighted by Gasteiger charge is -2.26. The van der Waals surface area contributed by atoms with Gasteiger partial charge < -0.3 is 9.84 Å². The number of rotatable bonds is 7. The van der Waals surface area contributed by atoms with Gasteiger partial charge in [0, 0.05) is 5.56 Å². The summed E-state index contributed by atoms with van der Waals surface area (Å²) in [4.78, 5) is 0. The molecule has 96 valence electrons. The Bertz CT molecular complexity index is 331. The molecule has 1 rings (SSSR count). The van der Waals surface area contributed by atoms with E-state index in [9.17, 15) is 5.11 Å². The van der Waals surface area contributed by atoms with E-state index in [1.807, 2.05) is 38.1 Å². The normalized spacial score (nSPS) is 14.4. The minimum atomic E-state index is -0.791. The highest BCUT2D eigenvalue weighted by Crippen LogP contribution is 2.33. The van der Waals surface area contributed by atoms with Crippen molar-refractivity contribution in [3.05, 3.63) is 29.8 Å². The smallest absolute Gasteiger partial charge is 0.125 e. The fourth-order valence-electron chi connectivity index (χ4n) is 2.05. The Labute approximate surface area is 105 Å². The van der Waals surface area contributed by atoms with Crippen LogP contribution < -0.4 is 4.74 Å². The summed E-state index contributed by atoms with van der Waals surface area (Å²) in [6.07, 6.45) is 4.16. The van der Waals surface area contributed by atoms with Crippen LogP contribution in [-0.2, 0) is 5.60 Å². The Morgan fingerprint density at radius 1 is 1.18 bits per heavy atom. The van der Waals surface area contributed by atoms with E-state index in [2.05, 4.69) is 6.92 Å². The summed E-state index contributed by atoms with van der Waals surface area (Å²) in [5.74, 6) is 0.802. The zero-order valence-electron chi connectivity index (χ0n) is 11.2. The molecule has 1 unspecified atom stereocenters. The van der Waals surface area contributed by atoms with Crippen LogP contribution >= 0.6 is 0 Å². The van der Waals surface area contributed by atoms with Gasteiger partial charge in [0.25, 0.3) is 0 Å². The maximum atomic E-state index is 10.5. The minimum Gasteiger partial charge on any atom is -0.493 e. The molecule has 0 saturated carbocycles. The van der Waals surface area contributed by atoms with Crippen molar-refractivity contribution >= 4 is 0 Å². The number of benzene rings is 1. The number of para-hydroxylation sites is 1. The molecule has 0 aliphatic heterocycles. The van der Waals surface area contributed by atoms with Gasteiger partial charge in [0.1, 0.15) is 5.75 Å². The van der Waals surface area contributed by atoms with E-state index in [1.54, 1.807) is 0 Å². The van der Waals surface area contributed by atoms with E-state index in [1.165, 1.54) is 6.42 Å². The summed E-state index contributed by atoms with van der Waals surface area (Å²) < 4.78 is 5.57. The molecule has 0 amide bonds. The van der Waals surface area contributed by atoms with Gasteiger partial charge in [0.2, 0.25) is 0 Å². The highest BCUT2D eigenvalue weighted by Gasteiger charge is 2.25. The second-order valence-electron chi connectivity index (χ2n) is 4.66. The molecule has 17 heavy (non-hydrogen) atoms. The van der Waals surface area contributed by atoms with Crippen molar-refractivity contribution in [1.82, 2.24) is 0 Å². The van der Waals surface area contributed by atoms with Crippen LogP contribution in [0, 0.1) is 0 Å². The van der Waals surface area contributed by atoms with Gasteiger partial charge in [-0.15, -0.1) is 0 Å². The highest BCUT2D eigenvalue weighted by molar-refractivity contribution is 5.37. The largest absolute Gasteiger partial charge is 0.493 e. The standard InChI is InChI=1S/C15H24O2/c1-4-6-9-12-15(3,16)13-10-7-8-11-14(13)17-5-2/h7-8,10-11,16H,4-6,9,12H2,1-3H3. The Kier molecular flexibility index (Phi) is 5.49. The monoisotopic (exact) mass is 236 g/mol. The molecule has 0 radical (unpaired) electrons. The van der Waals surface area contributed by atoms with Crippen LogP contribution in [0.2, 0.25) is 0 Å². The molecule has 0 fully saturated rings. The van der Waals surface area contributed by atoms with Gasteiger partial charge >= 0.3 is 0 Å². The van der Waals surface area contributed by atoms with E-state index in [0.29, 0.717) is 6.61 Å². The molecule has 0 aromatic heterocycles. The lowest BCUT2D eigenvalue weighted by molar-refractivity contribution is 0.0420. The first kappa shape index (κ1) is 14.0. The highest BCUT2D eigenvalue weighted by atomic mass is 16.5. The van der Waals surface area contributed by atoms with E-state index in [4.69, 9.17) is 4.74 Å². The number of aliphatic hydroxyl groups is 1. The van der Waals surface area contributed by atoms with Crippen molar-refractivity contribution in [2.75, 3.05) is 6.61 Å². The van der Waals surface area contributed by atoms with Gasteiger partial charge in [-0.1, -0.05) is 44.4 Å². The van der Waals surface area contributed by atoms with Gasteiger partial charge in [-0.25, -0.2) is 0 Å². The third kappa shape index (κ3) is 4.04. The maximum absolute atomic E-state index is 10.5. The lowest BCUT2D eigenvalue weighted by atomic mass is 9.89. The molecule has 1 atom stereocenters. The number of hydrogen-bond acceptors (Lipinski definition) is 2. The maximum Gasteiger partial charge on any atom is 0.125 e. The molecule has 2 nitrogen and oxygen atoms in total. The van der Waals surface area contributed by atoms with Crippen molar-refractivity contribution in [2.24, 2.45) is 0 Å². The summed E-state index contributed by atoms with van der Waals surface area (Å²) in [5.41, 5.74) is 0.110. The van der Waals surface area contributed by atoms with Gasteiger partial charge in [-0.05, 0) is 26.3 Å². The van der Waals surface area contributed by atoms with Crippen LogP contribution in [-0.4, -0.2) is 11.7 Å². The Morgan fingerprint density at radius 2 is 1.88 bits per heavy atom. The Morgan fingerprint density at radius 3 is 2.53 bits per heavy atom. The predicted octanol–water partition coefficient (Wildman–Crippen LogP) is 3.87. The lowest BCUT2D eigenvalue weighted by Crippen LogP contribution is -2.22. The van der Waals surface area contributed by atoms with Crippen molar-refractivity contribution in [1.29, 1.82) is 0 Å². The average molecular weight is 236 g/mol. The van der Waals surface area contributed by atoms with Crippen molar-refractivity contribution in [2.45, 2.75) is 52.1 Å². The molecular formula is C15H24O2. The first-order valence-corrected chi connectivity index (χ1v) is 6.56. The molecule has 0 aliphatic rings. The molecule has 0 spiro atoms. The van der Waals surface area contributed by atoms with E-state index < -0.39 is 5.60 Å². The summed E-state index contributed by atoms with van der Waals surface area (Å²) in [5, 5.41) is 10.5. The van der Waals surface area contributed by atoms with Crippen LogP contribution in [0.3, 0.4) is 0 Å². The van der Waals surface area contributed by atoms with Crippen LogP contribution in [0.4, 0.5) is 0 Å². The van der Waals surface area contributed by atoms with Gasteiger partial charge in [0.05, 0.1) is 12.2 Å². The van der Waals surface area contributed by atoms with Crippen molar-refractivity contribution in [3.8, 4) is 5.75 Å². The topological polar surface area (TPSA) is 29.5 Å². The van der Waals surface area contributed by atoms with Gasteiger partial charge in [0.15, 0.2) is 0 Å². The van der Waals surface area contributed by atoms with Crippen LogP contribution in [0.5, 0.6) is 5.75 Å². The summed E-state index contributed by atoms with van der Waals surface area (Å²) in [7, 11) is 0. The predicted molar refractivity (Wildman–Crippen MR) is 71.3 cm³/mol. The molecule has 0 saturated heterocycles. The SMILES string of the molecule is CCCCCC(C)(O)c1ccccc1OCC. The number of ether oxygens (including phenoxy) is 1. The first-order chi connectivity index (χ1) is 8.11. The Hall–Kier alpha value is -1.02. The second kappa shape index (κ2) is 6.65. The third-order valence-corrected chi connectivity index (χ3v) is 3.03. The average Bonchev–Trinajstić information content (AvgIpc) is 2.30. The molecule has 2 heteroatoms. The van der Waals surface area contributed by atoms with E-state index >= 15 is 0 Å². The van der Waals surface area contributed by atoms with Gasteiger partial charge in [-0.2, -0.15) is 0 Å². The molecule has 0 aliphatic carbocycles. The van der Waals surface area contributed by atoms with E-state index in [0.717, 1.165) is 30.6 Å². The summed E-state index contributed by atoms with van der Waals surface area (Å²) in [6, 6.07) is 7.77. The number of hydrogen-bond donors (Lipinski definition) is 1. The molecule has 1 aromatic carbocycles. The molecule has 1 aromatic rings. The zero-order chi connectivity index (χ0) is 12.7. The minimum absolute atomic E-state index is 0.627. The quantitative estimate of drug-likeness (QED) is 0.728. The van der Waals surface area contributed by atoms with Crippen LogP contribution in [0.15, 0.2) is 24.3 Å². The van der Waals surface area contributed by atoms with E-state index in [-0.39, 0.29) is 0 Å². The molecule has 0 bridgehead atoms. The fraction of sp³-hybridized carbons (Fsp3) is 0.600. The third-order valence-electron chi connectivity index (χ3n) is 3.03. The second-order valence-corrected chi connectivity index (χ2v) is 4.66. The number of unbranched alkanes of at least 4 members (excludes halogenated alkanes) is 2. The summed E-state index contributed by atoms with van der Waals surface area (Å²) in [6.45, 7) is 6.63. The van der Waals surface area contributed by atoms with Gasteiger partial charge in [-0.3, -0.25) is 0 Å². The first-order valence-electron chi connectivity index (χ1n) is 6.56. The van der Waals surface area contributed by atoms with Crippen molar-refractivity contribution < 1.29 is 9.84 Å². The van der Waals surface area contributed by atoms with Crippen LogP contribution in [0.25, 0.3) is 0 Å². The molecular weight excluding hydrogens is 212 g/mol. The summed E-state index contributed by atoms with van der Waals surface area (Å²) >= 11 is 0. The molecule has 1 N–H and O–H groups in total. The van der Waals surface area contributed by atoms with Crippen molar-refractivity contribution in [3.63, 3.8) is 0 Å². The molecule has 0 heterocycles. The van der Waals surface area contributed by atoms with Crippen LogP contribution in [0.1, 0.15) is 52.0 Å². The fourth-order valence-corrected chi connectivity index (χ4v) is 2.05. The zero-order valence-corrected chi connectivity index (χ0v) is 11.2.